The number of anilines is 2. The number of nitrogen functional groups attached to an aromatic ring is 1. The second-order valence-electron chi connectivity index (χ2n) is 4.06. The molecule has 1 aromatic heterocycles. The van der Waals surface area contributed by atoms with Crippen molar-refractivity contribution in [3.63, 3.8) is 0 Å². The number of carbonyl (C=O) groups excluding carboxylic acids is 1. The second-order valence-corrected chi connectivity index (χ2v) is 4.06. The van der Waals surface area contributed by atoms with E-state index in [0.29, 0.717) is 11.6 Å². The van der Waals surface area contributed by atoms with Gasteiger partial charge >= 0.3 is 6.09 Å². The normalized spacial score (nSPS) is 10.8. The highest BCUT2D eigenvalue weighted by Gasteiger charge is 2.16. The van der Waals surface area contributed by atoms with E-state index in [-0.39, 0.29) is 0 Å². The largest absolute Gasteiger partial charge is 0.444 e. The summed E-state index contributed by atoms with van der Waals surface area (Å²) in [5.74, 6) is 5.89. The molecule has 0 spiro atoms. The van der Waals surface area contributed by atoms with E-state index in [0.717, 1.165) is 0 Å². The van der Waals surface area contributed by atoms with Gasteiger partial charge in [-0.3, -0.25) is 5.32 Å². The number of rotatable bonds is 2. The molecule has 0 aromatic carbocycles. The van der Waals surface area contributed by atoms with Crippen LogP contribution in [0.4, 0.5) is 16.4 Å². The van der Waals surface area contributed by atoms with Crippen molar-refractivity contribution in [3.8, 4) is 0 Å². The zero-order valence-electron chi connectivity index (χ0n) is 9.44. The smallest absolute Gasteiger partial charge is 0.413 e. The average Bonchev–Trinajstić information content (AvgIpc) is 2.15. The van der Waals surface area contributed by atoms with E-state index in [2.05, 4.69) is 20.7 Å². The number of aromatic nitrogens is 2. The summed E-state index contributed by atoms with van der Waals surface area (Å²) >= 11 is 0. The minimum Gasteiger partial charge on any atom is -0.444 e. The zero-order valence-corrected chi connectivity index (χ0v) is 9.44. The molecule has 7 nitrogen and oxygen atoms in total. The van der Waals surface area contributed by atoms with Gasteiger partial charge in [0.2, 0.25) is 0 Å². The molecule has 0 radical (unpaired) electrons. The Labute approximate surface area is 93.4 Å². The van der Waals surface area contributed by atoms with Crippen LogP contribution in [0.3, 0.4) is 0 Å². The van der Waals surface area contributed by atoms with Crippen LogP contribution in [0.25, 0.3) is 0 Å². The lowest BCUT2D eigenvalue weighted by Gasteiger charge is -2.19. The standard InChI is InChI=1S/C9H15N5O2/c1-9(2,3)16-8(15)13-6-4-7(14-10)12-5-11-6/h4-5H,10H2,1-3H3,(H2,11,12,13,14,15). The van der Waals surface area contributed by atoms with E-state index in [1.807, 2.05) is 0 Å². The summed E-state index contributed by atoms with van der Waals surface area (Å²) in [6.45, 7) is 5.33. The molecule has 0 aliphatic heterocycles. The van der Waals surface area contributed by atoms with E-state index in [1.165, 1.54) is 12.4 Å². The monoisotopic (exact) mass is 225 g/mol. The van der Waals surface area contributed by atoms with Crippen molar-refractivity contribution in [2.75, 3.05) is 10.7 Å². The Morgan fingerprint density at radius 2 is 2.00 bits per heavy atom. The second kappa shape index (κ2) is 4.75. The maximum Gasteiger partial charge on any atom is 0.413 e. The SMILES string of the molecule is CC(C)(C)OC(=O)Nc1cc(NN)ncn1. The van der Waals surface area contributed by atoms with Crippen LogP contribution in [0.5, 0.6) is 0 Å². The van der Waals surface area contributed by atoms with Gasteiger partial charge in [0, 0.05) is 6.07 Å². The van der Waals surface area contributed by atoms with Crippen molar-refractivity contribution in [3.05, 3.63) is 12.4 Å². The maximum absolute atomic E-state index is 11.4. The third-order valence-corrected chi connectivity index (χ3v) is 1.44. The molecular formula is C9H15N5O2. The molecule has 1 rings (SSSR count). The summed E-state index contributed by atoms with van der Waals surface area (Å²) in [4.78, 5) is 19.0. The highest BCUT2D eigenvalue weighted by molar-refractivity contribution is 5.83. The lowest BCUT2D eigenvalue weighted by molar-refractivity contribution is 0.0635. The Morgan fingerprint density at radius 1 is 1.38 bits per heavy atom. The van der Waals surface area contributed by atoms with Crippen molar-refractivity contribution >= 4 is 17.7 Å². The van der Waals surface area contributed by atoms with Crippen LogP contribution in [0.1, 0.15) is 20.8 Å². The molecule has 0 saturated carbocycles. The molecule has 0 aliphatic rings. The van der Waals surface area contributed by atoms with Crippen molar-refractivity contribution < 1.29 is 9.53 Å². The number of hydrazine groups is 1. The third-order valence-electron chi connectivity index (χ3n) is 1.44. The molecule has 88 valence electrons. The Balaban J connectivity index is 2.62. The fourth-order valence-electron chi connectivity index (χ4n) is 0.913. The molecule has 7 heteroatoms. The zero-order chi connectivity index (χ0) is 12.2. The van der Waals surface area contributed by atoms with Gasteiger partial charge in [0.15, 0.2) is 0 Å². The summed E-state index contributed by atoms with van der Waals surface area (Å²) in [6.07, 6.45) is 0.705. The van der Waals surface area contributed by atoms with Gasteiger partial charge in [-0.05, 0) is 20.8 Å². The van der Waals surface area contributed by atoms with Gasteiger partial charge < -0.3 is 10.2 Å². The average molecular weight is 225 g/mol. The van der Waals surface area contributed by atoms with E-state index in [1.54, 1.807) is 20.8 Å². The molecular weight excluding hydrogens is 210 g/mol. The molecule has 0 fully saturated rings. The number of hydrogen-bond donors (Lipinski definition) is 3. The van der Waals surface area contributed by atoms with Crippen molar-refractivity contribution in [2.45, 2.75) is 26.4 Å². The number of nitrogens with two attached hydrogens (primary N) is 1. The lowest BCUT2D eigenvalue weighted by atomic mass is 10.2. The molecule has 1 heterocycles. The summed E-state index contributed by atoms with van der Waals surface area (Å²) in [7, 11) is 0. The van der Waals surface area contributed by atoms with Gasteiger partial charge in [-0.15, -0.1) is 0 Å². The predicted octanol–water partition coefficient (Wildman–Crippen LogP) is 1.11. The summed E-state index contributed by atoms with van der Waals surface area (Å²) in [5.41, 5.74) is 1.80. The van der Waals surface area contributed by atoms with Crippen LogP contribution in [-0.4, -0.2) is 21.7 Å². The number of hydrogen-bond acceptors (Lipinski definition) is 6. The minimum atomic E-state index is -0.575. The Hall–Kier alpha value is -1.89. The number of amides is 1. The van der Waals surface area contributed by atoms with E-state index in [4.69, 9.17) is 10.6 Å². The number of ether oxygens (including phenoxy) is 1. The van der Waals surface area contributed by atoms with Crippen LogP contribution in [0, 0.1) is 0 Å². The molecule has 0 aliphatic carbocycles. The molecule has 1 amide bonds. The summed E-state index contributed by atoms with van der Waals surface area (Å²) in [6, 6.07) is 1.49. The first kappa shape index (κ1) is 12.2. The minimum absolute atomic E-state index is 0.317. The number of nitrogens with one attached hydrogen (secondary N) is 2. The van der Waals surface area contributed by atoms with Crippen LogP contribution in [0.2, 0.25) is 0 Å². The first-order valence-corrected chi connectivity index (χ1v) is 4.69. The highest BCUT2D eigenvalue weighted by atomic mass is 16.6. The number of nitrogens with zero attached hydrogens (tertiary/aromatic N) is 2. The highest BCUT2D eigenvalue weighted by Crippen LogP contribution is 2.11. The summed E-state index contributed by atoms with van der Waals surface area (Å²) < 4.78 is 5.05. The van der Waals surface area contributed by atoms with Gasteiger partial charge in [-0.25, -0.2) is 20.6 Å². The molecule has 0 saturated heterocycles. The predicted molar refractivity (Wildman–Crippen MR) is 59.7 cm³/mol. The quantitative estimate of drug-likeness (QED) is 0.514. The number of carbonyl (C=O) groups is 1. The Kier molecular flexibility index (Phi) is 3.62. The Bertz CT molecular complexity index is 374. The molecule has 4 N–H and O–H groups in total. The molecule has 1 aromatic rings. The third kappa shape index (κ3) is 4.09. The van der Waals surface area contributed by atoms with Crippen molar-refractivity contribution in [1.82, 2.24) is 9.97 Å². The fourth-order valence-corrected chi connectivity index (χ4v) is 0.913. The topological polar surface area (TPSA) is 102 Å². The molecule has 0 bridgehead atoms. The van der Waals surface area contributed by atoms with Gasteiger partial charge in [0.05, 0.1) is 0 Å². The van der Waals surface area contributed by atoms with Gasteiger partial charge in [-0.2, -0.15) is 0 Å². The van der Waals surface area contributed by atoms with Crippen LogP contribution in [-0.2, 0) is 4.74 Å². The van der Waals surface area contributed by atoms with E-state index >= 15 is 0 Å². The van der Waals surface area contributed by atoms with Crippen LogP contribution >= 0.6 is 0 Å². The lowest BCUT2D eigenvalue weighted by Crippen LogP contribution is -2.27. The maximum atomic E-state index is 11.4. The van der Waals surface area contributed by atoms with Gasteiger partial charge in [0.25, 0.3) is 0 Å². The van der Waals surface area contributed by atoms with Crippen LogP contribution in [0.15, 0.2) is 12.4 Å². The first-order chi connectivity index (χ1) is 7.40. The fraction of sp³-hybridized carbons (Fsp3) is 0.444. The molecule has 0 atom stereocenters. The van der Waals surface area contributed by atoms with Crippen LogP contribution < -0.4 is 16.6 Å². The molecule has 0 unspecified atom stereocenters. The summed E-state index contributed by atoms with van der Waals surface area (Å²) in [5, 5.41) is 2.47. The van der Waals surface area contributed by atoms with Crippen molar-refractivity contribution in [2.24, 2.45) is 5.84 Å². The van der Waals surface area contributed by atoms with E-state index in [9.17, 15) is 4.79 Å². The first-order valence-electron chi connectivity index (χ1n) is 4.69. The molecule has 16 heavy (non-hydrogen) atoms. The Morgan fingerprint density at radius 3 is 2.56 bits per heavy atom. The van der Waals surface area contributed by atoms with Gasteiger partial charge in [-0.1, -0.05) is 0 Å². The van der Waals surface area contributed by atoms with Gasteiger partial charge in [0.1, 0.15) is 23.6 Å². The van der Waals surface area contributed by atoms with Crippen molar-refractivity contribution in [1.29, 1.82) is 0 Å². The van der Waals surface area contributed by atoms with E-state index < -0.39 is 11.7 Å².